The van der Waals surface area contributed by atoms with Gasteiger partial charge in [-0.25, -0.2) is 0 Å². The van der Waals surface area contributed by atoms with Crippen LogP contribution in [0, 0.1) is 0 Å². The summed E-state index contributed by atoms with van der Waals surface area (Å²) in [6.45, 7) is 3.86. The van der Waals surface area contributed by atoms with Crippen molar-refractivity contribution in [1.82, 2.24) is 0 Å². The van der Waals surface area contributed by atoms with Crippen molar-refractivity contribution in [3.05, 3.63) is 0 Å². The van der Waals surface area contributed by atoms with Crippen LogP contribution in [-0.4, -0.2) is 10.7 Å². The monoisotopic (exact) mass is 152 g/mol. The van der Waals surface area contributed by atoms with Crippen LogP contribution >= 0.6 is 21.6 Å². The summed E-state index contributed by atoms with van der Waals surface area (Å²) in [5, 5.41) is 0. The standard InChI is InChI=1S/C4H12N2S2/c1-3-7-8-4(2,5)6/h3,5-6H2,1-2H3. The molecule has 0 unspecified atom stereocenters. The molecule has 0 aliphatic carbocycles. The first-order chi connectivity index (χ1) is 3.56. The highest BCUT2D eigenvalue weighted by Crippen LogP contribution is 2.27. The fourth-order valence-corrected chi connectivity index (χ4v) is 1.67. The van der Waals surface area contributed by atoms with Crippen molar-refractivity contribution in [1.29, 1.82) is 0 Å². The second-order valence-corrected chi connectivity index (χ2v) is 4.74. The van der Waals surface area contributed by atoms with Gasteiger partial charge in [0.2, 0.25) is 0 Å². The molecule has 0 bridgehead atoms. The van der Waals surface area contributed by atoms with Gasteiger partial charge in [-0.2, -0.15) is 0 Å². The molecule has 50 valence electrons. The third-order valence-corrected chi connectivity index (χ3v) is 3.21. The summed E-state index contributed by atoms with van der Waals surface area (Å²) in [4.78, 5) is -0.569. The van der Waals surface area contributed by atoms with Gasteiger partial charge in [-0.1, -0.05) is 28.5 Å². The molecule has 0 spiro atoms. The van der Waals surface area contributed by atoms with Gasteiger partial charge < -0.3 is 11.5 Å². The molecule has 0 saturated carbocycles. The van der Waals surface area contributed by atoms with Gasteiger partial charge in [0.15, 0.2) is 0 Å². The second kappa shape index (κ2) is 3.61. The van der Waals surface area contributed by atoms with E-state index in [1.165, 1.54) is 10.8 Å². The summed E-state index contributed by atoms with van der Waals surface area (Å²) >= 11 is 0. The number of hydrogen-bond donors (Lipinski definition) is 2. The molecule has 0 fully saturated rings. The quantitative estimate of drug-likeness (QED) is 0.467. The van der Waals surface area contributed by atoms with E-state index in [0.29, 0.717) is 0 Å². The van der Waals surface area contributed by atoms with Crippen molar-refractivity contribution < 1.29 is 0 Å². The number of rotatable bonds is 3. The lowest BCUT2D eigenvalue weighted by atomic mass is 10.6. The Labute approximate surface area is 58.2 Å². The van der Waals surface area contributed by atoms with Crippen LogP contribution in [0.5, 0.6) is 0 Å². The molecule has 4 heteroatoms. The van der Waals surface area contributed by atoms with Gasteiger partial charge in [-0.05, 0) is 6.92 Å². The Morgan fingerprint density at radius 1 is 1.50 bits per heavy atom. The molecule has 2 nitrogen and oxygen atoms in total. The van der Waals surface area contributed by atoms with Crippen LogP contribution in [0.4, 0.5) is 0 Å². The lowest BCUT2D eigenvalue weighted by Gasteiger charge is -2.15. The molecule has 0 radical (unpaired) electrons. The lowest BCUT2D eigenvalue weighted by molar-refractivity contribution is 0.723. The van der Waals surface area contributed by atoms with Crippen LogP contribution in [0.2, 0.25) is 0 Å². The number of nitrogens with two attached hydrogens (primary N) is 2. The molecule has 0 aliphatic rings. The van der Waals surface area contributed by atoms with Gasteiger partial charge in [0.1, 0.15) is 4.99 Å². The molecule has 0 aromatic carbocycles. The fourth-order valence-electron chi connectivity index (χ4n) is 0.186. The van der Waals surface area contributed by atoms with Crippen molar-refractivity contribution in [3.63, 3.8) is 0 Å². The molecular formula is C4H12N2S2. The van der Waals surface area contributed by atoms with Gasteiger partial charge in [0.05, 0.1) is 0 Å². The summed E-state index contributed by atoms with van der Waals surface area (Å²) in [6, 6.07) is 0. The molecule has 0 aromatic rings. The van der Waals surface area contributed by atoms with Crippen LogP contribution in [0.25, 0.3) is 0 Å². The van der Waals surface area contributed by atoms with Crippen LogP contribution in [0.3, 0.4) is 0 Å². The predicted octanol–water partition coefficient (Wildman–Crippen LogP) is 0.979. The molecule has 0 amide bonds. The predicted molar refractivity (Wildman–Crippen MR) is 42.5 cm³/mol. The minimum atomic E-state index is -0.569. The molecule has 0 rings (SSSR count). The Morgan fingerprint density at radius 2 is 2.00 bits per heavy atom. The second-order valence-electron chi connectivity index (χ2n) is 1.67. The average molecular weight is 152 g/mol. The molecule has 8 heavy (non-hydrogen) atoms. The zero-order valence-corrected chi connectivity index (χ0v) is 6.81. The highest BCUT2D eigenvalue weighted by atomic mass is 33.1. The molecule has 0 aliphatic heterocycles. The molecule has 0 heterocycles. The van der Waals surface area contributed by atoms with E-state index in [-0.39, 0.29) is 0 Å². The third kappa shape index (κ3) is 6.62. The maximum absolute atomic E-state index is 5.44. The summed E-state index contributed by atoms with van der Waals surface area (Å²) in [5.74, 6) is 1.05. The molecule has 0 aromatic heterocycles. The topological polar surface area (TPSA) is 52.0 Å². The largest absolute Gasteiger partial charge is 0.304 e. The van der Waals surface area contributed by atoms with E-state index in [0.717, 1.165) is 5.75 Å². The molecular weight excluding hydrogens is 140 g/mol. The molecule has 0 atom stereocenters. The number of hydrogen-bond acceptors (Lipinski definition) is 4. The van der Waals surface area contributed by atoms with Crippen LogP contribution in [0.1, 0.15) is 13.8 Å². The van der Waals surface area contributed by atoms with Gasteiger partial charge >= 0.3 is 0 Å². The third-order valence-electron chi connectivity index (χ3n) is 0.356. The van der Waals surface area contributed by atoms with E-state index < -0.39 is 4.99 Å². The zero-order valence-electron chi connectivity index (χ0n) is 5.18. The van der Waals surface area contributed by atoms with Crippen LogP contribution in [-0.2, 0) is 0 Å². The Balaban J connectivity index is 3.11. The smallest absolute Gasteiger partial charge is 0.119 e. The summed E-state index contributed by atoms with van der Waals surface area (Å²) < 4.78 is 0. The van der Waals surface area contributed by atoms with Crippen molar-refractivity contribution in [2.45, 2.75) is 18.8 Å². The summed E-state index contributed by atoms with van der Waals surface area (Å²) in [5.41, 5.74) is 10.9. The van der Waals surface area contributed by atoms with E-state index in [1.807, 2.05) is 0 Å². The van der Waals surface area contributed by atoms with Gasteiger partial charge in [0, 0.05) is 5.75 Å². The molecule has 4 N–H and O–H groups in total. The maximum atomic E-state index is 5.44. The van der Waals surface area contributed by atoms with Gasteiger partial charge in [-0.15, -0.1) is 0 Å². The highest BCUT2D eigenvalue weighted by Gasteiger charge is 2.09. The first kappa shape index (κ1) is 8.62. The summed E-state index contributed by atoms with van der Waals surface area (Å²) in [6.07, 6.45) is 0. The van der Waals surface area contributed by atoms with Crippen LogP contribution < -0.4 is 11.5 Å². The first-order valence-corrected chi connectivity index (χ1v) is 4.76. The van der Waals surface area contributed by atoms with Crippen LogP contribution in [0.15, 0.2) is 0 Å². The molecule has 0 saturated heterocycles. The Bertz CT molecular complexity index is 59.5. The van der Waals surface area contributed by atoms with E-state index in [4.69, 9.17) is 11.5 Å². The first-order valence-electron chi connectivity index (χ1n) is 2.44. The van der Waals surface area contributed by atoms with Gasteiger partial charge in [-0.3, -0.25) is 0 Å². The van der Waals surface area contributed by atoms with E-state index in [9.17, 15) is 0 Å². The maximum Gasteiger partial charge on any atom is 0.119 e. The Kier molecular flexibility index (Phi) is 3.89. The van der Waals surface area contributed by atoms with E-state index in [1.54, 1.807) is 17.7 Å². The summed E-state index contributed by atoms with van der Waals surface area (Å²) in [7, 11) is 3.19. The van der Waals surface area contributed by atoms with Crippen molar-refractivity contribution in [3.8, 4) is 0 Å². The van der Waals surface area contributed by atoms with Crippen molar-refractivity contribution >= 4 is 21.6 Å². The van der Waals surface area contributed by atoms with E-state index in [2.05, 4.69) is 6.92 Å². The Hall–Kier alpha value is 0.620. The normalized spacial score (nSPS) is 12.0. The minimum Gasteiger partial charge on any atom is -0.304 e. The Morgan fingerprint density at radius 3 is 2.12 bits per heavy atom. The minimum absolute atomic E-state index is 0.569. The van der Waals surface area contributed by atoms with Crippen molar-refractivity contribution in [2.24, 2.45) is 11.5 Å². The fraction of sp³-hybridized carbons (Fsp3) is 1.00. The van der Waals surface area contributed by atoms with Gasteiger partial charge in [0.25, 0.3) is 0 Å². The van der Waals surface area contributed by atoms with E-state index >= 15 is 0 Å². The highest BCUT2D eigenvalue weighted by molar-refractivity contribution is 8.77. The zero-order chi connectivity index (χ0) is 6.62. The SMILES string of the molecule is CCSSC(C)(N)N. The lowest BCUT2D eigenvalue weighted by Crippen LogP contribution is -2.41. The average Bonchev–Trinajstić information content (AvgIpc) is 1.59. The van der Waals surface area contributed by atoms with Crippen molar-refractivity contribution in [2.75, 3.05) is 5.75 Å².